The number of hydrogen-bond acceptors (Lipinski definition) is 8. The molecule has 0 fully saturated rings. The molecular formula is C63H71N6O4P. The van der Waals surface area contributed by atoms with E-state index in [0.717, 1.165) is 115 Å². The Morgan fingerprint density at radius 3 is 2.03 bits per heavy atom. The van der Waals surface area contributed by atoms with E-state index in [9.17, 15) is 19.5 Å². The Balaban J connectivity index is 0.967. The van der Waals surface area contributed by atoms with E-state index in [1.165, 1.54) is 32.6 Å². The number of fused-ring (bicyclic) bond motifs is 1. The van der Waals surface area contributed by atoms with E-state index in [4.69, 9.17) is 15.6 Å². The van der Waals surface area contributed by atoms with E-state index in [-0.39, 0.29) is 43.3 Å². The summed E-state index contributed by atoms with van der Waals surface area (Å²) in [5, 5.41) is 39.9. The molecule has 9 rings (SSSR count). The molecule has 382 valence electrons. The summed E-state index contributed by atoms with van der Waals surface area (Å²) in [5.41, 5.74) is 8.44. The summed E-state index contributed by atoms with van der Waals surface area (Å²) in [5.74, 6) is -0.855. The van der Waals surface area contributed by atoms with Gasteiger partial charge in [-0.2, -0.15) is 5.10 Å². The van der Waals surface area contributed by atoms with Gasteiger partial charge < -0.3 is 15.8 Å². The zero-order valence-electron chi connectivity index (χ0n) is 43.3. The molecule has 0 spiro atoms. The number of carbonyl (C=O) groups is 3. The molecule has 2 heterocycles. The van der Waals surface area contributed by atoms with Gasteiger partial charge >= 0.3 is 236 Å². The van der Waals surface area contributed by atoms with Crippen LogP contribution in [0.5, 0.6) is 0 Å². The molecule has 4 N–H and O–H groups in total. The number of hydrogen-bond donors (Lipinski definition) is 4. The van der Waals surface area contributed by atoms with Crippen LogP contribution >= 0.6 is 6.60 Å². The number of amides is 3. The van der Waals surface area contributed by atoms with Crippen molar-refractivity contribution in [3.05, 3.63) is 167 Å². The third-order valence-corrected chi connectivity index (χ3v) is 23.7. The number of carbonyl (C=O) groups excluding carboxylic acids is 3. The van der Waals surface area contributed by atoms with Gasteiger partial charge in [0.2, 0.25) is 0 Å². The molecule has 0 bridgehead atoms. The third kappa shape index (κ3) is 9.82. The second-order valence-electron chi connectivity index (χ2n) is 20.4. The van der Waals surface area contributed by atoms with Crippen LogP contribution < -0.4 is 26.5 Å². The molecular weight excluding hydrogens is 936 g/mol. The number of nitrogens with one attached hydrogen (secondary N) is 3. The molecule has 0 saturated heterocycles. The van der Waals surface area contributed by atoms with E-state index < -0.39 is 12.5 Å². The van der Waals surface area contributed by atoms with Crippen LogP contribution in [0.25, 0.3) is 33.2 Å². The van der Waals surface area contributed by atoms with Crippen LogP contribution in [0, 0.1) is 24.2 Å². The molecule has 1 aromatic heterocycles. The van der Waals surface area contributed by atoms with Crippen molar-refractivity contribution in [1.82, 2.24) is 20.4 Å². The van der Waals surface area contributed by atoms with Gasteiger partial charge in [0.1, 0.15) is 0 Å². The quantitative estimate of drug-likeness (QED) is 0.0242. The van der Waals surface area contributed by atoms with E-state index in [0.29, 0.717) is 29.4 Å². The Morgan fingerprint density at radius 1 is 0.743 bits per heavy atom. The number of rotatable bonds is 21. The summed E-state index contributed by atoms with van der Waals surface area (Å²) < 4.78 is 0. The fourth-order valence-corrected chi connectivity index (χ4v) is 19.0. The average Bonchev–Trinajstić information content (AvgIpc) is 3.43. The normalized spacial score (nSPS) is 15.6. The maximum atomic E-state index is 14.9. The molecule has 74 heavy (non-hydrogen) atoms. The second kappa shape index (κ2) is 23.1. The molecule has 11 heteroatoms. The molecule has 7 aromatic rings. The zero-order valence-corrected chi connectivity index (χ0v) is 44.2. The first-order valence-corrected chi connectivity index (χ1v) is 29.5. The van der Waals surface area contributed by atoms with Gasteiger partial charge in [-0.25, -0.2) is 0 Å². The number of imide groups is 1. The molecule has 1 aliphatic carbocycles. The fraction of sp³-hybridized carbons (Fsp3) is 0.333. The van der Waals surface area contributed by atoms with Crippen molar-refractivity contribution in [2.45, 2.75) is 85.0 Å². The second-order valence-corrected chi connectivity index (χ2v) is 26.0. The number of unbranched alkanes of at least 4 members (excludes halogenated alkanes) is 2. The van der Waals surface area contributed by atoms with Gasteiger partial charge in [0.15, 0.2) is 0 Å². The van der Waals surface area contributed by atoms with Crippen LogP contribution in [0.1, 0.15) is 103 Å². The van der Waals surface area contributed by atoms with Crippen LogP contribution in [0.4, 0.5) is 5.69 Å². The van der Waals surface area contributed by atoms with Gasteiger partial charge in [-0.05, 0) is 85.8 Å². The Bertz CT molecular complexity index is 3050. The standard InChI is InChI=1S/C63H71N6O4P/c1-4-6-36-65-58-35-34-55-60-56(58)40-46(52-28-16-17-29-53(52)61-54-33-32-45(47(42-64)43-70)21-20-30-51(54)44(3)67-68-61)41-57(60)63(73)69(62(55)72)38-37-66-59(71)31-18-19-39-74(5-2,48-22-10-7-11-23-48,49-24-12-8-13-25-49)50-26-14-9-15-27-50/h7-17,22-29,34-35,40-42,45,47,64-65,70H,4-6,18-21,30-33,36-39,43H2,1-3H3,(H,66,71)/t45-,47+/m1/s1. The first kappa shape index (κ1) is 52.0. The molecule has 0 saturated carbocycles. The molecule has 0 unspecified atom stereocenters. The van der Waals surface area contributed by atoms with Gasteiger partial charge in [0.25, 0.3) is 0 Å². The van der Waals surface area contributed by atoms with E-state index in [1.54, 1.807) is 0 Å². The SMILES string of the molecule is CCCCNc1ccc2c3c(cc(-c4ccccc4-c4nnc(C)c5c4CC[C@H]([C@@H](C=N)CO)CCC5)cc13)C(=O)N(CCNC(=O)CCCCP(CC)(c1ccccc1)(c1ccccc1)c1ccccc1)C2=O. The van der Waals surface area contributed by atoms with Crippen LogP contribution in [0.2, 0.25) is 0 Å². The number of aliphatic hydroxyl groups is 1. The first-order valence-electron chi connectivity index (χ1n) is 26.9. The van der Waals surface area contributed by atoms with E-state index in [2.05, 4.69) is 134 Å². The van der Waals surface area contributed by atoms with Gasteiger partial charge in [0.05, 0.1) is 18.0 Å². The topological polar surface area (TPSA) is 148 Å². The number of anilines is 1. The summed E-state index contributed by atoms with van der Waals surface area (Å²) >= 11 is 0. The number of benzene rings is 6. The Kier molecular flexibility index (Phi) is 16.3. The van der Waals surface area contributed by atoms with Gasteiger partial charge in [-0.1, -0.05) is 37.6 Å². The monoisotopic (exact) mass is 1010 g/mol. The predicted molar refractivity (Wildman–Crippen MR) is 305 cm³/mol. The summed E-state index contributed by atoms with van der Waals surface area (Å²) in [6, 6.07) is 48.8. The van der Waals surface area contributed by atoms with Crippen LogP contribution in [0.3, 0.4) is 0 Å². The van der Waals surface area contributed by atoms with Crippen molar-refractivity contribution >= 4 is 62.9 Å². The predicted octanol–water partition coefficient (Wildman–Crippen LogP) is 11.1. The molecule has 1 aliphatic heterocycles. The minimum absolute atomic E-state index is 0.0331. The van der Waals surface area contributed by atoms with Gasteiger partial charge in [0, 0.05) is 35.3 Å². The van der Waals surface area contributed by atoms with Crippen molar-refractivity contribution in [2.24, 2.45) is 11.8 Å². The Hall–Kier alpha value is -6.87. The van der Waals surface area contributed by atoms with Crippen LogP contribution in [-0.4, -0.2) is 82.7 Å². The fourth-order valence-electron chi connectivity index (χ4n) is 12.3. The van der Waals surface area contributed by atoms with E-state index in [1.807, 2.05) is 37.3 Å². The third-order valence-electron chi connectivity index (χ3n) is 16.4. The summed E-state index contributed by atoms with van der Waals surface area (Å²) in [4.78, 5) is 44.3. The van der Waals surface area contributed by atoms with Crippen LogP contribution in [0.15, 0.2) is 140 Å². The minimum atomic E-state index is -2.97. The molecule has 2 aliphatic rings. The number of aromatic nitrogens is 2. The van der Waals surface area contributed by atoms with E-state index >= 15 is 0 Å². The summed E-state index contributed by atoms with van der Waals surface area (Å²) in [6.07, 6.45) is 11.4. The zero-order chi connectivity index (χ0) is 51.7. The summed E-state index contributed by atoms with van der Waals surface area (Å²) in [7, 11) is 0. The molecule has 2 atom stereocenters. The Morgan fingerprint density at radius 2 is 1.39 bits per heavy atom. The number of aryl methyl sites for hydroxylation is 1. The van der Waals surface area contributed by atoms with Crippen molar-refractivity contribution in [3.8, 4) is 22.4 Å². The average molecular weight is 1010 g/mol. The number of aliphatic hydroxyl groups excluding tert-OH is 1. The van der Waals surface area contributed by atoms with Gasteiger partial charge in [-0.15, -0.1) is 5.10 Å². The maximum absolute atomic E-state index is 14.9. The van der Waals surface area contributed by atoms with Gasteiger partial charge in [-0.3, -0.25) is 0 Å². The van der Waals surface area contributed by atoms with Crippen molar-refractivity contribution in [1.29, 1.82) is 5.41 Å². The Labute approximate surface area is 436 Å². The molecule has 6 aromatic carbocycles. The molecule has 3 amide bonds. The molecule has 10 nitrogen and oxygen atoms in total. The molecule has 0 radical (unpaired) electrons. The van der Waals surface area contributed by atoms with Crippen molar-refractivity contribution in [3.63, 3.8) is 0 Å². The van der Waals surface area contributed by atoms with Crippen molar-refractivity contribution in [2.75, 3.05) is 43.9 Å². The summed E-state index contributed by atoms with van der Waals surface area (Å²) in [6.45, 7) is 4.40. The number of nitrogens with zero attached hydrogens (tertiary/aromatic N) is 3. The first-order chi connectivity index (χ1) is 36.2. The van der Waals surface area contributed by atoms with Crippen LogP contribution in [-0.2, 0) is 17.6 Å². The van der Waals surface area contributed by atoms with Crippen molar-refractivity contribution < 1.29 is 19.5 Å².